The minimum absolute atomic E-state index is 0.0174. The molecule has 2 aromatic heterocycles. The Hall–Kier alpha value is -3.39. The number of aromatic nitrogens is 4. The summed E-state index contributed by atoms with van der Waals surface area (Å²) in [6, 6.07) is 9.35. The Morgan fingerprint density at radius 2 is 1.79 bits per heavy atom. The number of hydrogen-bond donors (Lipinski definition) is 1. The summed E-state index contributed by atoms with van der Waals surface area (Å²) < 4.78 is 1.70. The van der Waals surface area contributed by atoms with Crippen LogP contribution in [0.1, 0.15) is 65.1 Å². The molecule has 2 heterocycles. The number of aryl methyl sites for hydroxylation is 2. The highest BCUT2D eigenvalue weighted by Gasteiger charge is 2.33. The highest BCUT2D eigenvalue weighted by molar-refractivity contribution is 5.92. The highest BCUT2D eigenvalue weighted by Crippen LogP contribution is 2.29. The lowest BCUT2D eigenvalue weighted by molar-refractivity contribution is 0.0595. The standard InChI is InChI=1S/C26H34N6O2/c1-17(2)23(31(13-9-12-27)26(34)22-15-28-18(3)14-29-22)24-30-20(5)19(4)25(33)32(24)16-21-10-7-6-8-11-21/h6-8,10-11,14-15,17,23H,9,12-13,16,27H2,1-5H3. The van der Waals surface area contributed by atoms with Crippen molar-refractivity contribution in [3.8, 4) is 0 Å². The van der Waals surface area contributed by atoms with Crippen LogP contribution >= 0.6 is 0 Å². The van der Waals surface area contributed by atoms with Crippen molar-refractivity contribution in [3.05, 3.63) is 87.1 Å². The van der Waals surface area contributed by atoms with E-state index in [-0.39, 0.29) is 23.1 Å². The molecule has 1 aromatic carbocycles. The van der Waals surface area contributed by atoms with E-state index >= 15 is 0 Å². The van der Waals surface area contributed by atoms with Crippen LogP contribution in [0.15, 0.2) is 47.5 Å². The molecule has 3 aromatic rings. The van der Waals surface area contributed by atoms with E-state index in [9.17, 15) is 9.59 Å². The van der Waals surface area contributed by atoms with Crippen molar-refractivity contribution in [2.24, 2.45) is 11.7 Å². The van der Waals surface area contributed by atoms with Crippen molar-refractivity contribution in [1.82, 2.24) is 24.4 Å². The van der Waals surface area contributed by atoms with Crippen LogP contribution in [-0.4, -0.2) is 43.4 Å². The van der Waals surface area contributed by atoms with Crippen LogP contribution in [0.2, 0.25) is 0 Å². The molecule has 0 spiro atoms. The molecular formula is C26H34N6O2. The second kappa shape index (κ2) is 11.2. The molecule has 180 valence electrons. The summed E-state index contributed by atoms with van der Waals surface area (Å²) in [5.41, 5.74) is 8.96. The molecule has 0 aliphatic carbocycles. The largest absolute Gasteiger partial charge is 0.330 e. The zero-order valence-corrected chi connectivity index (χ0v) is 20.7. The first-order valence-corrected chi connectivity index (χ1v) is 11.7. The number of benzene rings is 1. The molecule has 0 saturated carbocycles. The highest BCUT2D eigenvalue weighted by atomic mass is 16.2. The zero-order valence-electron chi connectivity index (χ0n) is 20.7. The minimum Gasteiger partial charge on any atom is -0.330 e. The average Bonchev–Trinajstić information content (AvgIpc) is 2.82. The van der Waals surface area contributed by atoms with E-state index in [2.05, 4.69) is 9.97 Å². The molecule has 1 atom stereocenters. The molecule has 3 rings (SSSR count). The SMILES string of the molecule is Cc1cnc(C(=O)N(CCCN)C(c2nc(C)c(C)c(=O)n2Cc2ccccc2)C(C)C)cn1. The van der Waals surface area contributed by atoms with Gasteiger partial charge in [-0.2, -0.15) is 0 Å². The first-order chi connectivity index (χ1) is 16.2. The molecule has 2 N–H and O–H groups in total. The van der Waals surface area contributed by atoms with Crippen molar-refractivity contribution in [1.29, 1.82) is 0 Å². The first-order valence-electron chi connectivity index (χ1n) is 11.7. The topological polar surface area (TPSA) is 107 Å². The number of amides is 1. The van der Waals surface area contributed by atoms with Gasteiger partial charge in [0, 0.05) is 24.0 Å². The molecule has 0 bridgehead atoms. The van der Waals surface area contributed by atoms with Gasteiger partial charge in [0.15, 0.2) is 0 Å². The molecular weight excluding hydrogens is 428 g/mol. The van der Waals surface area contributed by atoms with Crippen LogP contribution in [0, 0.1) is 26.7 Å². The second-order valence-corrected chi connectivity index (χ2v) is 8.93. The third-order valence-electron chi connectivity index (χ3n) is 5.95. The maximum Gasteiger partial charge on any atom is 0.274 e. The molecule has 8 nitrogen and oxygen atoms in total. The minimum atomic E-state index is -0.446. The summed E-state index contributed by atoms with van der Waals surface area (Å²) >= 11 is 0. The number of carbonyl (C=O) groups excluding carboxylic acids is 1. The lowest BCUT2D eigenvalue weighted by Gasteiger charge is -2.35. The van der Waals surface area contributed by atoms with Crippen LogP contribution in [0.3, 0.4) is 0 Å². The summed E-state index contributed by atoms with van der Waals surface area (Å²) in [6.45, 7) is 10.7. The fourth-order valence-corrected chi connectivity index (χ4v) is 4.00. The zero-order chi connectivity index (χ0) is 24.8. The van der Waals surface area contributed by atoms with Crippen molar-refractivity contribution in [2.45, 2.75) is 53.6 Å². The van der Waals surface area contributed by atoms with Gasteiger partial charge in [-0.05, 0) is 45.2 Å². The van der Waals surface area contributed by atoms with E-state index in [1.54, 1.807) is 22.6 Å². The van der Waals surface area contributed by atoms with Crippen molar-refractivity contribution in [3.63, 3.8) is 0 Å². The number of rotatable bonds is 9. The van der Waals surface area contributed by atoms with Gasteiger partial charge < -0.3 is 10.6 Å². The molecule has 8 heteroatoms. The molecule has 1 unspecified atom stereocenters. The van der Waals surface area contributed by atoms with Gasteiger partial charge >= 0.3 is 0 Å². The van der Waals surface area contributed by atoms with Crippen LogP contribution in [0.5, 0.6) is 0 Å². The van der Waals surface area contributed by atoms with Gasteiger partial charge in [-0.15, -0.1) is 0 Å². The van der Waals surface area contributed by atoms with E-state index in [4.69, 9.17) is 10.7 Å². The number of carbonyl (C=O) groups is 1. The van der Waals surface area contributed by atoms with Crippen LogP contribution in [-0.2, 0) is 6.54 Å². The maximum absolute atomic E-state index is 13.7. The van der Waals surface area contributed by atoms with E-state index in [1.807, 2.05) is 58.0 Å². The molecule has 0 saturated heterocycles. The van der Waals surface area contributed by atoms with Gasteiger partial charge in [-0.3, -0.25) is 19.1 Å². The number of hydrogen-bond acceptors (Lipinski definition) is 6. The van der Waals surface area contributed by atoms with Gasteiger partial charge in [0.2, 0.25) is 0 Å². The van der Waals surface area contributed by atoms with Crippen molar-refractivity contribution in [2.75, 3.05) is 13.1 Å². The molecule has 34 heavy (non-hydrogen) atoms. The average molecular weight is 463 g/mol. The van der Waals surface area contributed by atoms with E-state index < -0.39 is 6.04 Å². The summed E-state index contributed by atoms with van der Waals surface area (Å²) in [4.78, 5) is 42.3. The lowest BCUT2D eigenvalue weighted by atomic mass is 9.99. The predicted octanol–water partition coefficient (Wildman–Crippen LogP) is 3.20. The van der Waals surface area contributed by atoms with Crippen molar-refractivity contribution >= 4 is 5.91 Å². The van der Waals surface area contributed by atoms with Crippen molar-refractivity contribution < 1.29 is 4.79 Å². The van der Waals surface area contributed by atoms with Gasteiger partial charge in [0.25, 0.3) is 11.5 Å². The summed E-state index contributed by atoms with van der Waals surface area (Å²) in [5.74, 6) is 0.298. The lowest BCUT2D eigenvalue weighted by Crippen LogP contribution is -2.43. The Balaban J connectivity index is 2.17. The normalized spacial score (nSPS) is 12.1. The Bertz CT molecular complexity index is 1170. The van der Waals surface area contributed by atoms with E-state index in [1.165, 1.54) is 6.20 Å². The molecule has 1 amide bonds. The Kier molecular flexibility index (Phi) is 8.28. The second-order valence-electron chi connectivity index (χ2n) is 8.93. The molecule has 0 aliphatic rings. The van der Waals surface area contributed by atoms with Gasteiger partial charge in [-0.25, -0.2) is 9.97 Å². The third kappa shape index (κ3) is 5.56. The van der Waals surface area contributed by atoms with Gasteiger partial charge in [0.05, 0.1) is 24.5 Å². The summed E-state index contributed by atoms with van der Waals surface area (Å²) in [5, 5.41) is 0. The fourth-order valence-electron chi connectivity index (χ4n) is 4.00. The Morgan fingerprint density at radius 3 is 2.38 bits per heavy atom. The third-order valence-corrected chi connectivity index (χ3v) is 5.95. The van der Waals surface area contributed by atoms with Crippen LogP contribution < -0.4 is 11.3 Å². The summed E-state index contributed by atoms with van der Waals surface area (Å²) in [7, 11) is 0. The molecule has 0 radical (unpaired) electrons. The van der Waals surface area contributed by atoms with Gasteiger partial charge in [-0.1, -0.05) is 44.2 Å². The molecule has 0 aliphatic heterocycles. The Morgan fingerprint density at radius 1 is 1.09 bits per heavy atom. The van der Waals surface area contributed by atoms with Crippen LogP contribution in [0.25, 0.3) is 0 Å². The monoisotopic (exact) mass is 462 g/mol. The van der Waals surface area contributed by atoms with E-state index in [0.717, 1.165) is 11.3 Å². The maximum atomic E-state index is 13.7. The fraction of sp³-hybridized carbons (Fsp3) is 0.423. The summed E-state index contributed by atoms with van der Waals surface area (Å²) in [6.07, 6.45) is 3.69. The van der Waals surface area contributed by atoms with Crippen LogP contribution in [0.4, 0.5) is 0 Å². The predicted molar refractivity (Wildman–Crippen MR) is 133 cm³/mol. The number of nitrogens with two attached hydrogens (primary N) is 1. The quantitative estimate of drug-likeness (QED) is 0.523. The molecule has 0 fully saturated rings. The van der Waals surface area contributed by atoms with E-state index in [0.29, 0.717) is 43.1 Å². The number of nitrogens with zero attached hydrogens (tertiary/aromatic N) is 5. The Labute approximate surface area is 200 Å². The van der Waals surface area contributed by atoms with Gasteiger partial charge in [0.1, 0.15) is 11.5 Å². The smallest absolute Gasteiger partial charge is 0.274 e. The first kappa shape index (κ1) is 25.2.